The van der Waals surface area contributed by atoms with Crippen LogP contribution in [0.2, 0.25) is 0 Å². The number of benzene rings is 3. The molecule has 0 aromatic heterocycles. The monoisotopic (exact) mass is 504 g/mol. The number of hydrogen-bond donors (Lipinski definition) is 1. The Labute approximate surface area is 219 Å². The molecule has 3 aromatic carbocycles. The summed E-state index contributed by atoms with van der Waals surface area (Å²) < 4.78 is 19.4. The van der Waals surface area contributed by atoms with Gasteiger partial charge in [-0.3, -0.25) is 9.59 Å². The lowest BCUT2D eigenvalue weighted by Gasteiger charge is -2.33. The molecule has 0 spiro atoms. The van der Waals surface area contributed by atoms with Crippen molar-refractivity contribution >= 4 is 11.8 Å². The zero-order valence-corrected chi connectivity index (χ0v) is 22.3. The van der Waals surface area contributed by atoms with E-state index in [1.54, 1.807) is 12.1 Å². The van der Waals surface area contributed by atoms with Gasteiger partial charge in [0.1, 0.15) is 17.6 Å². The Morgan fingerprint density at radius 1 is 0.892 bits per heavy atom. The van der Waals surface area contributed by atoms with E-state index in [1.807, 2.05) is 75.4 Å². The zero-order valence-electron chi connectivity index (χ0n) is 22.3. The third-order valence-corrected chi connectivity index (χ3v) is 5.94. The average Bonchev–Trinajstić information content (AvgIpc) is 2.85. The largest absolute Gasteiger partial charge is 0.484 e. The summed E-state index contributed by atoms with van der Waals surface area (Å²) >= 11 is 0. The number of nitrogens with one attached hydrogen (secondary N) is 1. The van der Waals surface area contributed by atoms with Gasteiger partial charge in [-0.25, -0.2) is 4.39 Å². The molecule has 0 aliphatic heterocycles. The van der Waals surface area contributed by atoms with Gasteiger partial charge in [-0.2, -0.15) is 0 Å². The third kappa shape index (κ3) is 8.74. The van der Waals surface area contributed by atoms with Crippen molar-refractivity contribution in [2.45, 2.75) is 65.1 Å². The summed E-state index contributed by atoms with van der Waals surface area (Å²) in [5.41, 5.74) is 2.35. The number of ether oxygens (including phenoxy) is 1. The van der Waals surface area contributed by atoms with E-state index in [4.69, 9.17) is 4.74 Å². The predicted molar refractivity (Wildman–Crippen MR) is 145 cm³/mol. The quantitative estimate of drug-likeness (QED) is 0.375. The molecular weight excluding hydrogens is 467 g/mol. The molecule has 0 saturated heterocycles. The van der Waals surface area contributed by atoms with Gasteiger partial charge < -0.3 is 15.0 Å². The molecule has 5 nitrogen and oxygen atoms in total. The Balaban J connectivity index is 1.89. The molecule has 0 aliphatic rings. The Hall–Kier alpha value is -3.67. The Morgan fingerprint density at radius 2 is 1.51 bits per heavy atom. The van der Waals surface area contributed by atoms with Gasteiger partial charge in [-0.1, -0.05) is 68.4 Å². The van der Waals surface area contributed by atoms with Gasteiger partial charge in [-0.15, -0.1) is 0 Å². The fraction of sp³-hybridized carbons (Fsp3) is 0.355. The van der Waals surface area contributed by atoms with Crippen molar-refractivity contribution < 1.29 is 18.7 Å². The van der Waals surface area contributed by atoms with E-state index in [1.165, 1.54) is 22.6 Å². The van der Waals surface area contributed by atoms with Crippen molar-refractivity contribution in [1.82, 2.24) is 10.2 Å². The van der Waals surface area contributed by atoms with Crippen LogP contribution in [0.1, 0.15) is 57.2 Å². The molecular formula is C31H37FN2O3. The fourth-order valence-electron chi connectivity index (χ4n) is 3.97. The van der Waals surface area contributed by atoms with Crippen LogP contribution in [0.15, 0.2) is 78.9 Å². The highest BCUT2D eigenvalue weighted by Crippen LogP contribution is 2.20. The molecule has 6 heteroatoms. The maximum Gasteiger partial charge on any atom is 0.261 e. The first-order valence-corrected chi connectivity index (χ1v) is 12.6. The van der Waals surface area contributed by atoms with Gasteiger partial charge in [0, 0.05) is 18.5 Å². The molecule has 1 N–H and O–H groups in total. The van der Waals surface area contributed by atoms with Gasteiger partial charge in [0.05, 0.1) is 0 Å². The van der Waals surface area contributed by atoms with Crippen molar-refractivity contribution in [1.29, 1.82) is 0 Å². The second-order valence-electron chi connectivity index (χ2n) is 10.6. The standard InChI is InChI=1S/C31H37FN2O3/c1-22(2)25-13-17-27(18-14-25)37-21-29(35)34(20-24-11-15-26(32)16-12-24)28(30(36)33-31(3,4)5)19-23-9-7-6-8-10-23/h6-18,22,28H,19-21H2,1-5H3,(H,33,36). The predicted octanol–water partition coefficient (Wildman–Crippen LogP) is 5.88. The smallest absolute Gasteiger partial charge is 0.261 e. The average molecular weight is 505 g/mol. The summed E-state index contributed by atoms with van der Waals surface area (Å²) in [6, 6.07) is 22.4. The second kappa shape index (κ2) is 12.5. The highest BCUT2D eigenvalue weighted by molar-refractivity contribution is 5.89. The highest BCUT2D eigenvalue weighted by atomic mass is 19.1. The van der Waals surface area contributed by atoms with Crippen LogP contribution in [0.5, 0.6) is 5.75 Å². The van der Waals surface area contributed by atoms with Crippen LogP contribution in [0.25, 0.3) is 0 Å². The Morgan fingerprint density at radius 3 is 2.08 bits per heavy atom. The minimum absolute atomic E-state index is 0.143. The SMILES string of the molecule is CC(C)c1ccc(OCC(=O)N(Cc2ccc(F)cc2)C(Cc2ccccc2)C(=O)NC(C)(C)C)cc1. The van der Waals surface area contributed by atoms with Gasteiger partial charge in [-0.05, 0) is 67.6 Å². The van der Waals surface area contributed by atoms with E-state index >= 15 is 0 Å². The third-order valence-electron chi connectivity index (χ3n) is 5.94. The first kappa shape index (κ1) is 27.9. The molecule has 1 unspecified atom stereocenters. The van der Waals surface area contributed by atoms with Crippen LogP contribution in [-0.2, 0) is 22.6 Å². The molecule has 3 aromatic rings. The number of amides is 2. The summed E-state index contributed by atoms with van der Waals surface area (Å²) in [7, 11) is 0. The molecule has 37 heavy (non-hydrogen) atoms. The lowest BCUT2D eigenvalue weighted by Crippen LogP contribution is -2.55. The summed E-state index contributed by atoms with van der Waals surface area (Å²) in [4.78, 5) is 28.7. The summed E-state index contributed by atoms with van der Waals surface area (Å²) in [6.07, 6.45) is 0.332. The minimum atomic E-state index is -0.786. The van der Waals surface area contributed by atoms with E-state index in [2.05, 4.69) is 19.2 Å². The number of halogens is 1. The van der Waals surface area contributed by atoms with Crippen molar-refractivity contribution in [3.8, 4) is 5.75 Å². The fourth-order valence-corrected chi connectivity index (χ4v) is 3.97. The molecule has 1 atom stereocenters. The van der Waals surface area contributed by atoms with E-state index < -0.39 is 11.6 Å². The second-order valence-corrected chi connectivity index (χ2v) is 10.6. The number of nitrogens with zero attached hydrogens (tertiary/aromatic N) is 1. The highest BCUT2D eigenvalue weighted by Gasteiger charge is 2.32. The lowest BCUT2D eigenvalue weighted by atomic mass is 10.0. The van der Waals surface area contributed by atoms with Crippen LogP contribution >= 0.6 is 0 Å². The molecule has 0 heterocycles. The summed E-state index contributed by atoms with van der Waals surface area (Å²) in [6.45, 7) is 9.85. The van der Waals surface area contributed by atoms with Crippen LogP contribution < -0.4 is 10.1 Å². The molecule has 0 fully saturated rings. The Kier molecular flexibility index (Phi) is 9.45. The van der Waals surface area contributed by atoms with E-state index in [-0.39, 0.29) is 30.8 Å². The molecule has 0 aliphatic carbocycles. The van der Waals surface area contributed by atoms with Crippen molar-refractivity contribution in [3.63, 3.8) is 0 Å². The van der Waals surface area contributed by atoms with Crippen LogP contribution in [0, 0.1) is 5.82 Å². The summed E-state index contributed by atoms with van der Waals surface area (Å²) in [5.74, 6) is 0.0247. The normalized spacial score (nSPS) is 12.2. The zero-order chi connectivity index (χ0) is 27.0. The van der Waals surface area contributed by atoms with Crippen LogP contribution in [-0.4, -0.2) is 34.9 Å². The molecule has 0 saturated carbocycles. The van der Waals surface area contributed by atoms with Crippen LogP contribution in [0.4, 0.5) is 4.39 Å². The van der Waals surface area contributed by atoms with E-state index in [0.717, 1.165) is 11.1 Å². The van der Waals surface area contributed by atoms with Crippen molar-refractivity contribution in [2.24, 2.45) is 0 Å². The first-order chi connectivity index (χ1) is 17.5. The first-order valence-electron chi connectivity index (χ1n) is 12.6. The number of hydrogen-bond acceptors (Lipinski definition) is 3. The summed E-state index contributed by atoms with van der Waals surface area (Å²) in [5, 5.41) is 3.03. The lowest BCUT2D eigenvalue weighted by molar-refractivity contribution is -0.143. The van der Waals surface area contributed by atoms with E-state index in [9.17, 15) is 14.0 Å². The van der Waals surface area contributed by atoms with Gasteiger partial charge >= 0.3 is 0 Å². The van der Waals surface area contributed by atoms with Crippen LogP contribution in [0.3, 0.4) is 0 Å². The van der Waals surface area contributed by atoms with E-state index in [0.29, 0.717) is 18.1 Å². The topological polar surface area (TPSA) is 58.6 Å². The number of rotatable bonds is 10. The molecule has 0 radical (unpaired) electrons. The minimum Gasteiger partial charge on any atom is -0.484 e. The Bertz CT molecular complexity index is 1150. The maximum absolute atomic E-state index is 13.6. The molecule has 196 valence electrons. The van der Waals surface area contributed by atoms with Crippen molar-refractivity contribution in [3.05, 3.63) is 101 Å². The van der Waals surface area contributed by atoms with Crippen molar-refractivity contribution in [2.75, 3.05) is 6.61 Å². The number of carbonyl (C=O) groups excluding carboxylic acids is 2. The molecule has 3 rings (SSSR count). The van der Waals surface area contributed by atoms with Gasteiger partial charge in [0.15, 0.2) is 6.61 Å². The van der Waals surface area contributed by atoms with Gasteiger partial charge in [0.25, 0.3) is 5.91 Å². The van der Waals surface area contributed by atoms with Gasteiger partial charge in [0.2, 0.25) is 5.91 Å². The maximum atomic E-state index is 13.6. The molecule has 0 bridgehead atoms. The molecule has 2 amide bonds. The number of carbonyl (C=O) groups is 2.